The zero-order valence-electron chi connectivity index (χ0n) is 15.2. The molecule has 3 rings (SSSR count). The Morgan fingerprint density at radius 1 is 1.04 bits per heavy atom. The first-order valence-corrected chi connectivity index (χ1v) is 9.45. The summed E-state index contributed by atoms with van der Waals surface area (Å²) in [7, 11) is 0. The smallest absolute Gasteiger partial charge is 0.131 e. The van der Waals surface area contributed by atoms with Crippen molar-refractivity contribution >= 4 is 23.2 Å². The van der Waals surface area contributed by atoms with Crippen LogP contribution in [0.5, 0.6) is 0 Å². The van der Waals surface area contributed by atoms with Crippen LogP contribution >= 0.6 is 11.6 Å². The van der Waals surface area contributed by atoms with E-state index in [0.29, 0.717) is 0 Å². The number of hydrogen-bond donors (Lipinski definition) is 2. The summed E-state index contributed by atoms with van der Waals surface area (Å²) in [5.41, 5.74) is 1.25. The normalized spacial score (nSPS) is 15.0. The zero-order valence-corrected chi connectivity index (χ0v) is 15.9. The highest BCUT2D eigenvalue weighted by Crippen LogP contribution is 2.13. The summed E-state index contributed by atoms with van der Waals surface area (Å²) in [6, 6.07) is 9.90. The van der Waals surface area contributed by atoms with Gasteiger partial charge in [0.25, 0.3) is 0 Å². The van der Waals surface area contributed by atoms with Gasteiger partial charge in [0.1, 0.15) is 17.5 Å². The van der Waals surface area contributed by atoms with Crippen molar-refractivity contribution < 1.29 is 4.74 Å². The van der Waals surface area contributed by atoms with Gasteiger partial charge in [-0.25, -0.2) is 9.97 Å². The lowest BCUT2D eigenvalue weighted by atomic mass is 10.1. The molecule has 0 aliphatic carbocycles. The minimum Gasteiger partial charge on any atom is -0.379 e. The van der Waals surface area contributed by atoms with Crippen LogP contribution in [0.4, 0.5) is 11.6 Å². The van der Waals surface area contributed by atoms with E-state index in [1.807, 2.05) is 37.3 Å². The predicted molar refractivity (Wildman–Crippen MR) is 106 cm³/mol. The van der Waals surface area contributed by atoms with Gasteiger partial charge in [-0.1, -0.05) is 23.7 Å². The first kappa shape index (κ1) is 18.9. The van der Waals surface area contributed by atoms with Crippen molar-refractivity contribution in [2.45, 2.75) is 13.3 Å². The minimum atomic E-state index is 0.760. The van der Waals surface area contributed by atoms with Crippen LogP contribution in [0.3, 0.4) is 0 Å². The number of anilines is 2. The third kappa shape index (κ3) is 6.12. The molecule has 0 radical (unpaired) electrons. The van der Waals surface area contributed by atoms with Gasteiger partial charge >= 0.3 is 0 Å². The van der Waals surface area contributed by atoms with Gasteiger partial charge in [-0.05, 0) is 31.0 Å². The number of benzene rings is 1. The second kappa shape index (κ2) is 9.71. The molecule has 0 spiro atoms. The second-order valence-corrected chi connectivity index (χ2v) is 6.81. The van der Waals surface area contributed by atoms with E-state index in [-0.39, 0.29) is 0 Å². The number of aromatic nitrogens is 2. The number of hydrogen-bond acceptors (Lipinski definition) is 6. The molecule has 1 saturated heterocycles. The lowest BCUT2D eigenvalue weighted by Crippen LogP contribution is -2.39. The second-order valence-electron chi connectivity index (χ2n) is 6.37. The van der Waals surface area contributed by atoms with Crippen LogP contribution in [0, 0.1) is 6.92 Å². The van der Waals surface area contributed by atoms with Gasteiger partial charge in [-0.2, -0.15) is 0 Å². The van der Waals surface area contributed by atoms with E-state index < -0.39 is 0 Å². The van der Waals surface area contributed by atoms with Crippen molar-refractivity contribution in [1.29, 1.82) is 0 Å². The Kier molecular flexibility index (Phi) is 7.05. The van der Waals surface area contributed by atoms with E-state index in [2.05, 4.69) is 25.5 Å². The van der Waals surface area contributed by atoms with E-state index in [4.69, 9.17) is 16.3 Å². The highest BCUT2D eigenvalue weighted by molar-refractivity contribution is 6.30. The van der Waals surface area contributed by atoms with E-state index in [1.165, 1.54) is 5.56 Å². The monoisotopic (exact) mass is 375 g/mol. The number of nitrogens with zero attached hydrogens (tertiary/aromatic N) is 3. The largest absolute Gasteiger partial charge is 0.379 e. The van der Waals surface area contributed by atoms with Gasteiger partial charge in [-0.15, -0.1) is 0 Å². The highest BCUT2D eigenvalue weighted by Gasteiger charge is 2.09. The average Bonchev–Trinajstić information content (AvgIpc) is 2.64. The number of rotatable bonds is 8. The summed E-state index contributed by atoms with van der Waals surface area (Å²) >= 11 is 5.92. The number of halogens is 1. The molecule has 0 saturated carbocycles. The third-order valence-electron chi connectivity index (χ3n) is 4.31. The van der Waals surface area contributed by atoms with Gasteiger partial charge in [0.15, 0.2) is 0 Å². The zero-order chi connectivity index (χ0) is 18.2. The molecule has 6 nitrogen and oxygen atoms in total. The van der Waals surface area contributed by atoms with Gasteiger partial charge in [0.2, 0.25) is 0 Å². The van der Waals surface area contributed by atoms with Crippen LogP contribution < -0.4 is 10.6 Å². The van der Waals surface area contributed by atoms with Crippen molar-refractivity contribution in [3.05, 3.63) is 46.7 Å². The molecule has 1 aromatic heterocycles. The van der Waals surface area contributed by atoms with Crippen molar-refractivity contribution in [3.8, 4) is 0 Å². The lowest BCUT2D eigenvalue weighted by Gasteiger charge is -2.26. The Morgan fingerprint density at radius 2 is 1.69 bits per heavy atom. The average molecular weight is 376 g/mol. The van der Waals surface area contributed by atoms with Gasteiger partial charge in [-0.3, -0.25) is 4.90 Å². The summed E-state index contributed by atoms with van der Waals surface area (Å²) in [6.45, 7) is 8.24. The first-order chi connectivity index (χ1) is 12.7. The van der Waals surface area contributed by atoms with E-state index in [1.54, 1.807) is 0 Å². The molecule has 2 N–H and O–H groups in total. The molecule has 2 heterocycles. The molecule has 0 amide bonds. The molecule has 1 aliphatic heterocycles. The summed E-state index contributed by atoms with van der Waals surface area (Å²) < 4.78 is 5.37. The van der Waals surface area contributed by atoms with Crippen LogP contribution in [-0.4, -0.2) is 60.8 Å². The molecule has 2 aromatic rings. The van der Waals surface area contributed by atoms with Crippen molar-refractivity contribution in [3.63, 3.8) is 0 Å². The number of nitrogens with one attached hydrogen (secondary N) is 2. The molecule has 1 fully saturated rings. The third-order valence-corrected chi connectivity index (χ3v) is 4.56. The topological polar surface area (TPSA) is 62.3 Å². The molecule has 1 aromatic carbocycles. The van der Waals surface area contributed by atoms with Gasteiger partial charge in [0.05, 0.1) is 13.2 Å². The molecular weight excluding hydrogens is 350 g/mol. The Bertz CT molecular complexity index is 689. The van der Waals surface area contributed by atoms with E-state index in [9.17, 15) is 0 Å². The van der Waals surface area contributed by atoms with Crippen LogP contribution in [0.2, 0.25) is 5.02 Å². The fourth-order valence-electron chi connectivity index (χ4n) is 2.90. The van der Waals surface area contributed by atoms with Crippen LogP contribution in [-0.2, 0) is 11.2 Å². The van der Waals surface area contributed by atoms with Crippen LogP contribution in [0.15, 0.2) is 30.3 Å². The molecule has 0 atom stereocenters. The predicted octanol–water partition coefficient (Wildman–Crippen LogP) is 2.84. The quantitative estimate of drug-likeness (QED) is 0.739. The maximum absolute atomic E-state index is 5.92. The number of morpholine rings is 1. The fourth-order valence-corrected chi connectivity index (χ4v) is 3.03. The van der Waals surface area contributed by atoms with Gasteiger partial charge in [0, 0.05) is 43.8 Å². The van der Waals surface area contributed by atoms with Crippen molar-refractivity contribution in [2.24, 2.45) is 0 Å². The Morgan fingerprint density at radius 3 is 2.38 bits per heavy atom. The number of ether oxygens (including phenoxy) is 1. The SMILES string of the molecule is Cc1nc(NCCc2ccc(Cl)cc2)cc(NCCN2CCOCC2)n1. The molecule has 1 aliphatic rings. The fraction of sp³-hybridized carbons (Fsp3) is 0.474. The molecule has 26 heavy (non-hydrogen) atoms. The number of aryl methyl sites for hydroxylation is 1. The van der Waals surface area contributed by atoms with Gasteiger partial charge < -0.3 is 15.4 Å². The minimum absolute atomic E-state index is 0.760. The van der Waals surface area contributed by atoms with Crippen molar-refractivity contribution in [1.82, 2.24) is 14.9 Å². The summed E-state index contributed by atoms with van der Waals surface area (Å²) in [5.74, 6) is 2.47. The first-order valence-electron chi connectivity index (χ1n) is 9.07. The van der Waals surface area contributed by atoms with Crippen LogP contribution in [0.25, 0.3) is 0 Å². The summed E-state index contributed by atoms with van der Waals surface area (Å²) in [5, 5.41) is 7.54. The Hall–Kier alpha value is -1.89. The van der Waals surface area contributed by atoms with Crippen molar-refractivity contribution in [2.75, 3.05) is 56.6 Å². The van der Waals surface area contributed by atoms with E-state index in [0.717, 1.165) is 74.8 Å². The van der Waals surface area contributed by atoms with Crippen LogP contribution in [0.1, 0.15) is 11.4 Å². The molecular formula is C19H26ClN5O. The van der Waals surface area contributed by atoms with E-state index >= 15 is 0 Å². The highest BCUT2D eigenvalue weighted by atomic mass is 35.5. The molecule has 7 heteroatoms. The molecule has 140 valence electrons. The lowest BCUT2D eigenvalue weighted by molar-refractivity contribution is 0.0398. The standard InChI is InChI=1S/C19H26ClN5O/c1-15-23-18(21-7-6-16-2-4-17(20)5-3-16)14-19(24-15)22-8-9-25-10-12-26-13-11-25/h2-5,14H,6-13H2,1H3,(H2,21,22,23,24). The Labute approximate surface area is 159 Å². The molecule has 0 unspecified atom stereocenters. The Balaban J connectivity index is 1.46. The summed E-state index contributed by atoms with van der Waals surface area (Å²) in [6.07, 6.45) is 0.917. The molecule has 0 bridgehead atoms. The maximum atomic E-state index is 5.92. The maximum Gasteiger partial charge on any atom is 0.131 e. The summed E-state index contributed by atoms with van der Waals surface area (Å²) in [4.78, 5) is 11.3.